The van der Waals surface area contributed by atoms with E-state index in [1.807, 2.05) is 13.0 Å². The van der Waals surface area contributed by atoms with E-state index in [4.69, 9.17) is 16.7 Å². The third kappa shape index (κ3) is 7.41. The fourth-order valence-corrected chi connectivity index (χ4v) is 4.98. The van der Waals surface area contributed by atoms with Gasteiger partial charge in [0.05, 0.1) is 35.1 Å². The predicted molar refractivity (Wildman–Crippen MR) is 142 cm³/mol. The summed E-state index contributed by atoms with van der Waals surface area (Å²) >= 11 is 6.68. The van der Waals surface area contributed by atoms with Gasteiger partial charge in [-0.15, -0.1) is 11.3 Å². The van der Waals surface area contributed by atoms with Gasteiger partial charge in [0.1, 0.15) is 27.8 Å². The second kappa shape index (κ2) is 12.8. The van der Waals surface area contributed by atoms with Crippen LogP contribution < -0.4 is 15.5 Å². The second-order valence-corrected chi connectivity index (χ2v) is 10.3. The molecule has 0 radical (unpaired) electrons. The Labute approximate surface area is 236 Å². The molecule has 1 aliphatic rings. The Hall–Kier alpha value is -3.40. The molecule has 2 amide bonds. The molecule has 0 spiro atoms. The number of hydrogen-bond acceptors (Lipinski definition) is 10. The van der Waals surface area contributed by atoms with Crippen LogP contribution in [0, 0.1) is 0 Å². The van der Waals surface area contributed by atoms with Crippen LogP contribution in [-0.4, -0.2) is 74.5 Å². The lowest BCUT2D eigenvalue weighted by molar-refractivity contribution is -0.137. The van der Waals surface area contributed by atoms with Gasteiger partial charge in [-0.25, -0.2) is 19.9 Å². The zero-order valence-electron chi connectivity index (χ0n) is 21.3. The SMILES string of the molecule is CC(NCc1cc(N2CCN(C(=O)CCO)CC2)ncn1)c1ncc(C(=O)Nc2cc(C(F)(F)F)c(Cl)cn2)s1. The van der Waals surface area contributed by atoms with E-state index in [-0.39, 0.29) is 35.7 Å². The van der Waals surface area contributed by atoms with Crippen LogP contribution >= 0.6 is 22.9 Å². The fraction of sp³-hybridized carbons (Fsp3) is 0.417. The number of aliphatic hydroxyl groups excluding tert-OH is 1. The molecule has 0 bridgehead atoms. The van der Waals surface area contributed by atoms with Crippen molar-refractivity contribution in [2.75, 3.05) is 43.0 Å². The summed E-state index contributed by atoms with van der Waals surface area (Å²) in [7, 11) is 0. The number of nitrogens with zero attached hydrogens (tertiary/aromatic N) is 6. The van der Waals surface area contributed by atoms with Crippen molar-refractivity contribution in [3.8, 4) is 0 Å². The summed E-state index contributed by atoms with van der Waals surface area (Å²) in [6.45, 7) is 4.41. The van der Waals surface area contributed by atoms with Crippen LogP contribution in [0.1, 0.15) is 45.3 Å². The van der Waals surface area contributed by atoms with Crippen LogP contribution in [-0.2, 0) is 17.5 Å². The lowest BCUT2D eigenvalue weighted by atomic mass is 10.2. The van der Waals surface area contributed by atoms with E-state index in [2.05, 4.69) is 35.5 Å². The van der Waals surface area contributed by atoms with Crippen molar-refractivity contribution in [2.45, 2.75) is 32.1 Å². The summed E-state index contributed by atoms with van der Waals surface area (Å²) in [6, 6.07) is 2.29. The molecule has 3 aromatic heterocycles. The van der Waals surface area contributed by atoms with Crippen LogP contribution in [0.4, 0.5) is 24.8 Å². The van der Waals surface area contributed by atoms with Gasteiger partial charge in [0.15, 0.2) is 0 Å². The van der Waals surface area contributed by atoms with Gasteiger partial charge < -0.3 is 25.5 Å². The van der Waals surface area contributed by atoms with E-state index in [0.717, 1.165) is 29.0 Å². The first-order valence-electron chi connectivity index (χ1n) is 12.2. The number of nitrogens with one attached hydrogen (secondary N) is 2. The molecule has 0 aliphatic carbocycles. The highest BCUT2D eigenvalue weighted by Gasteiger charge is 2.34. The maximum Gasteiger partial charge on any atom is 0.418 e. The summed E-state index contributed by atoms with van der Waals surface area (Å²) in [5.41, 5.74) is -0.356. The Morgan fingerprint density at radius 2 is 1.88 bits per heavy atom. The standard InChI is InChI=1S/C24H26ClF3N8O3S/c1-14(23-31-12-18(40-23)22(39)34-19-9-16(24(26,27)28)17(25)11-30-19)29-10-15-8-20(33-13-32-15)35-3-5-36(6-4-35)21(38)2-7-37/h8-9,11-14,29,37H,2-7,10H2,1H3,(H,30,34,39). The summed E-state index contributed by atoms with van der Waals surface area (Å²) < 4.78 is 39.3. The average Bonchev–Trinajstić information content (AvgIpc) is 3.43. The minimum Gasteiger partial charge on any atom is -0.396 e. The van der Waals surface area contributed by atoms with Crippen molar-refractivity contribution in [3.05, 3.63) is 57.0 Å². The molecule has 1 unspecified atom stereocenters. The third-order valence-electron chi connectivity index (χ3n) is 6.10. The van der Waals surface area contributed by atoms with Gasteiger partial charge in [-0.3, -0.25) is 9.59 Å². The molecule has 0 aromatic carbocycles. The van der Waals surface area contributed by atoms with Crippen LogP contribution in [0.15, 0.2) is 30.9 Å². The maximum atomic E-state index is 13.1. The normalized spacial score (nSPS) is 14.8. The molecule has 3 N–H and O–H groups in total. The van der Waals surface area contributed by atoms with E-state index in [9.17, 15) is 22.8 Å². The van der Waals surface area contributed by atoms with Crippen molar-refractivity contribution in [3.63, 3.8) is 0 Å². The molecule has 1 aliphatic heterocycles. The molecule has 1 fully saturated rings. The van der Waals surface area contributed by atoms with Gasteiger partial charge in [0, 0.05) is 51.4 Å². The van der Waals surface area contributed by atoms with E-state index in [1.165, 1.54) is 12.5 Å². The second-order valence-electron chi connectivity index (χ2n) is 8.88. The molecule has 214 valence electrons. The molecular formula is C24H26ClF3N8O3S. The minimum atomic E-state index is -4.68. The molecule has 40 heavy (non-hydrogen) atoms. The highest BCUT2D eigenvalue weighted by Crippen LogP contribution is 2.35. The molecule has 16 heteroatoms. The minimum absolute atomic E-state index is 0.0659. The van der Waals surface area contributed by atoms with Crippen molar-refractivity contribution >= 4 is 46.4 Å². The Morgan fingerprint density at radius 3 is 2.58 bits per heavy atom. The summed E-state index contributed by atoms with van der Waals surface area (Å²) in [6.07, 6.45) is -0.903. The molecule has 3 aromatic rings. The molecule has 1 saturated heterocycles. The summed E-state index contributed by atoms with van der Waals surface area (Å²) in [4.78, 5) is 45.2. The Bertz CT molecular complexity index is 1350. The number of anilines is 2. The zero-order valence-corrected chi connectivity index (χ0v) is 22.9. The number of aromatic nitrogens is 4. The predicted octanol–water partition coefficient (Wildman–Crippen LogP) is 3.13. The zero-order chi connectivity index (χ0) is 28.9. The quantitative estimate of drug-likeness (QED) is 0.339. The Kier molecular flexibility index (Phi) is 9.50. The summed E-state index contributed by atoms with van der Waals surface area (Å²) in [5.74, 6) is -0.242. The van der Waals surface area contributed by atoms with E-state index in [0.29, 0.717) is 43.8 Å². The molecular weight excluding hydrogens is 573 g/mol. The first-order valence-corrected chi connectivity index (χ1v) is 13.4. The topological polar surface area (TPSA) is 136 Å². The van der Waals surface area contributed by atoms with E-state index >= 15 is 0 Å². The number of thiazole rings is 1. The monoisotopic (exact) mass is 598 g/mol. The first-order chi connectivity index (χ1) is 19.0. The van der Waals surface area contributed by atoms with Gasteiger partial charge >= 0.3 is 6.18 Å². The van der Waals surface area contributed by atoms with Gasteiger partial charge in [-0.1, -0.05) is 11.6 Å². The molecule has 4 heterocycles. The number of aliphatic hydroxyl groups is 1. The number of piperazine rings is 1. The number of rotatable bonds is 9. The van der Waals surface area contributed by atoms with Crippen LogP contribution in [0.2, 0.25) is 5.02 Å². The van der Waals surface area contributed by atoms with Crippen LogP contribution in [0.3, 0.4) is 0 Å². The Balaban J connectivity index is 1.31. The lowest BCUT2D eigenvalue weighted by Gasteiger charge is -2.35. The molecule has 11 nitrogen and oxygen atoms in total. The number of amides is 2. The van der Waals surface area contributed by atoms with E-state index in [1.54, 1.807) is 4.90 Å². The molecule has 1 atom stereocenters. The van der Waals surface area contributed by atoms with Crippen LogP contribution in [0.25, 0.3) is 0 Å². The molecule has 4 rings (SSSR count). The maximum absolute atomic E-state index is 13.1. The number of carbonyl (C=O) groups excluding carboxylic acids is 2. The lowest BCUT2D eigenvalue weighted by Crippen LogP contribution is -2.49. The largest absolute Gasteiger partial charge is 0.418 e. The molecule has 0 saturated carbocycles. The van der Waals surface area contributed by atoms with Crippen molar-refractivity contribution < 1.29 is 27.9 Å². The number of halogens is 4. The first kappa shape index (κ1) is 29.6. The fourth-order valence-electron chi connectivity index (χ4n) is 3.93. The van der Waals surface area contributed by atoms with Gasteiger partial charge in [0.25, 0.3) is 5.91 Å². The average molecular weight is 599 g/mol. The highest BCUT2D eigenvalue weighted by molar-refractivity contribution is 7.13. The number of carbonyl (C=O) groups is 2. The van der Waals surface area contributed by atoms with Crippen molar-refractivity contribution in [1.82, 2.24) is 30.2 Å². The Morgan fingerprint density at radius 1 is 1.12 bits per heavy atom. The van der Waals surface area contributed by atoms with Crippen molar-refractivity contribution in [1.29, 1.82) is 0 Å². The highest BCUT2D eigenvalue weighted by atomic mass is 35.5. The summed E-state index contributed by atoms with van der Waals surface area (Å²) in [5, 5.41) is 14.6. The number of hydrogen-bond donors (Lipinski definition) is 3. The van der Waals surface area contributed by atoms with E-state index < -0.39 is 22.7 Å². The number of alkyl halides is 3. The number of pyridine rings is 1. The van der Waals surface area contributed by atoms with Gasteiger partial charge in [-0.05, 0) is 13.0 Å². The van der Waals surface area contributed by atoms with Crippen molar-refractivity contribution in [2.24, 2.45) is 0 Å². The van der Waals surface area contributed by atoms with Gasteiger partial charge in [-0.2, -0.15) is 13.2 Å². The van der Waals surface area contributed by atoms with Gasteiger partial charge in [0.2, 0.25) is 5.91 Å². The third-order valence-corrected chi connectivity index (χ3v) is 7.58. The van der Waals surface area contributed by atoms with Crippen LogP contribution in [0.5, 0.6) is 0 Å². The smallest absolute Gasteiger partial charge is 0.396 e.